The molecule has 3 rings (SSSR count). The maximum atomic E-state index is 11.6. The largest absolute Gasteiger partial charge is 0.444 e. The Morgan fingerprint density at radius 2 is 1.97 bits per heavy atom. The Balaban J connectivity index is 0.000000208. The van der Waals surface area contributed by atoms with E-state index in [1.807, 2.05) is 51.7 Å². The van der Waals surface area contributed by atoms with Crippen molar-refractivity contribution in [1.82, 2.24) is 9.80 Å². The highest BCUT2D eigenvalue weighted by molar-refractivity contribution is 5.68. The summed E-state index contributed by atoms with van der Waals surface area (Å²) >= 11 is 0. The number of rotatable bonds is 2. The van der Waals surface area contributed by atoms with Crippen LogP contribution in [0.25, 0.3) is 0 Å². The van der Waals surface area contributed by atoms with Crippen LogP contribution in [0, 0.1) is 0 Å². The van der Waals surface area contributed by atoms with Crippen molar-refractivity contribution in [2.24, 2.45) is 0 Å². The van der Waals surface area contributed by atoms with E-state index in [-0.39, 0.29) is 18.2 Å². The molecule has 0 N–H and O–H groups in total. The lowest BCUT2D eigenvalue weighted by Gasteiger charge is -2.35. The molecule has 0 aliphatic carbocycles. The minimum absolute atomic E-state index is 0.0625. The summed E-state index contributed by atoms with van der Waals surface area (Å²) in [4.78, 5) is 26.1. The van der Waals surface area contributed by atoms with Crippen molar-refractivity contribution in [2.45, 2.75) is 58.8 Å². The lowest BCUT2D eigenvalue weighted by molar-refractivity contribution is -0.120. The second kappa shape index (κ2) is 9.92. The van der Waals surface area contributed by atoms with Gasteiger partial charge in [0.2, 0.25) is 6.41 Å². The van der Waals surface area contributed by atoms with Crippen molar-refractivity contribution in [3.8, 4) is 0 Å². The third kappa shape index (κ3) is 6.60. The van der Waals surface area contributed by atoms with Gasteiger partial charge in [0.25, 0.3) is 0 Å². The molecule has 1 fully saturated rings. The fourth-order valence-corrected chi connectivity index (χ4v) is 3.56. The molecule has 2 amide bonds. The van der Waals surface area contributed by atoms with Crippen molar-refractivity contribution >= 4 is 12.5 Å². The summed E-state index contributed by atoms with van der Waals surface area (Å²) in [6.07, 6.45) is 1.73. The number of fused-ring (bicyclic) bond motifs is 1. The Kier molecular flexibility index (Phi) is 7.85. The minimum atomic E-state index is -0.418. The topological polar surface area (TPSA) is 59.1 Å². The highest BCUT2D eigenvalue weighted by Gasteiger charge is 2.27. The van der Waals surface area contributed by atoms with Gasteiger partial charge in [0.15, 0.2) is 0 Å². The van der Waals surface area contributed by atoms with Gasteiger partial charge in [0.05, 0.1) is 25.3 Å². The van der Waals surface area contributed by atoms with E-state index in [9.17, 15) is 9.59 Å². The Morgan fingerprint density at radius 3 is 2.55 bits per heavy atom. The van der Waals surface area contributed by atoms with Gasteiger partial charge in [-0.3, -0.25) is 4.79 Å². The molecule has 0 radical (unpaired) electrons. The van der Waals surface area contributed by atoms with E-state index in [2.05, 4.69) is 18.7 Å². The Morgan fingerprint density at radius 1 is 1.28 bits per heavy atom. The van der Waals surface area contributed by atoms with Crippen LogP contribution in [0.1, 0.15) is 51.8 Å². The van der Waals surface area contributed by atoms with Crippen molar-refractivity contribution in [3.63, 3.8) is 0 Å². The molecule has 0 unspecified atom stereocenters. The lowest BCUT2D eigenvalue weighted by atomic mass is 9.89. The molecule has 2 aliphatic heterocycles. The Hall–Kier alpha value is -2.34. The van der Waals surface area contributed by atoms with E-state index in [0.717, 1.165) is 24.9 Å². The van der Waals surface area contributed by atoms with Crippen LogP contribution < -0.4 is 0 Å². The molecule has 0 saturated carbocycles. The number of carbonyl (C=O) groups excluding carboxylic acids is 2. The molecule has 0 spiro atoms. The molecule has 1 aromatic carbocycles. The lowest BCUT2D eigenvalue weighted by Crippen LogP contribution is -2.46. The number of benzene rings is 1. The normalized spacial score (nSPS) is 21.4. The molecular formula is C23H34N2O4. The molecule has 2 heterocycles. The zero-order valence-corrected chi connectivity index (χ0v) is 18.3. The van der Waals surface area contributed by atoms with Crippen molar-refractivity contribution in [3.05, 3.63) is 47.5 Å². The third-order valence-corrected chi connectivity index (χ3v) is 4.82. The summed E-state index contributed by atoms with van der Waals surface area (Å²) in [5.41, 5.74) is 3.17. The molecule has 6 heteroatoms. The average molecular weight is 403 g/mol. The number of ether oxygens (including phenoxy) is 2. The summed E-state index contributed by atoms with van der Waals surface area (Å²) in [5, 5.41) is 0. The van der Waals surface area contributed by atoms with Crippen LogP contribution >= 0.6 is 0 Å². The quantitative estimate of drug-likeness (QED) is 0.555. The molecule has 0 aromatic heterocycles. The second-order valence-electron chi connectivity index (χ2n) is 8.65. The van der Waals surface area contributed by atoms with Gasteiger partial charge in [-0.05, 0) is 52.2 Å². The first kappa shape index (κ1) is 22.9. The summed E-state index contributed by atoms with van der Waals surface area (Å²) in [5.74, 6) is 0. The molecule has 1 saturated heterocycles. The molecular weight excluding hydrogens is 368 g/mol. The van der Waals surface area contributed by atoms with Gasteiger partial charge in [-0.2, -0.15) is 0 Å². The predicted octanol–water partition coefficient (Wildman–Crippen LogP) is 3.96. The van der Waals surface area contributed by atoms with E-state index in [1.165, 1.54) is 11.1 Å². The first-order valence-electron chi connectivity index (χ1n) is 10.2. The fraction of sp³-hybridized carbons (Fsp3) is 0.565. The number of morpholine rings is 1. The van der Waals surface area contributed by atoms with Crippen molar-refractivity contribution in [2.75, 3.05) is 26.2 Å². The molecule has 0 bridgehead atoms. The van der Waals surface area contributed by atoms with Crippen LogP contribution in [0.2, 0.25) is 0 Å². The maximum absolute atomic E-state index is 11.6. The van der Waals surface area contributed by atoms with E-state index in [1.54, 1.807) is 4.90 Å². The molecule has 2 aliphatic rings. The summed E-state index contributed by atoms with van der Waals surface area (Å²) in [7, 11) is 0. The van der Waals surface area contributed by atoms with Crippen LogP contribution in [-0.4, -0.2) is 60.2 Å². The van der Waals surface area contributed by atoms with E-state index in [4.69, 9.17) is 9.47 Å². The Labute approximate surface area is 174 Å². The number of hydrogen-bond acceptors (Lipinski definition) is 4. The SMILES string of the molecule is C=C(C)[C@H]1c2ccccc2CCN1C=O.C[C@@H]1CN(C(=O)OC(C)(C)C)CCO1. The minimum Gasteiger partial charge on any atom is -0.444 e. The molecule has 1 aromatic rings. The van der Waals surface area contributed by atoms with Crippen LogP contribution in [0.5, 0.6) is 0 Å². The summed E-state index contributed by atoms with van der Waals surface area (Å²) < 4.78 is 10.6. The molecule has 29 heavy (non-hydrogen) atoms. The predicted molar refractivity (Wildman–Crippen MR) is 114 cm³/mol. The fourth-order valence-electron chi connectivity index (χ4n) is 3.56. The summed E-state index contributed by atoms with van der Waals surface area (Å²) in [6, 6.07) is 8.35. The van der Waals surface area contributed by atoms with E-state index in [0.29, 0.717) is 19.7 Å². The van der Waals surface area contributed by atoms with Crippen LogP contribution in [0.3, 0.4) is 0 Å². The molecule has 6 nitrogen and oxygen atoms in total. The first-order chi connectivity index (χ1) is 13.6. The van der Waals surface area contributed by atoms with Gasteiger partial charge in [0.1, 0.15) is 5.60 Å². The first-order valence-corrected chi connectivity index (χ1v) is 10.2. The zero-order valence-electron chi connectivity index (χ0n) is 18.3. The number of hydrogen-bond donors (Lipinski definition) is 0. The van der Waals surface area contributed by atoms with Gasteiger partial charge < -0.3 is 19.3 Å². The van der Waals surface area contributed by atoms with E-state index < -0.39 is 5.60 Å². The van der Waals surface area contributed by atoms with Gasteiger partial charge in [0, 0.05) is 13.1 Å². The highest BCUT2D eigenvalue weighted by Crippen LogP contribution is 2.32. The van der Waals surface area contributed by atoms with Crippen molar-refractivity contribution in [1.29, 1.82) is 0 Å². The van der Waals surface area contributed by atoms with Crippen molar-refractivity contribution < 1.29 is 19.1 Å². The van der Waals surface area contributed by atoms with Crippen LogP contribution in [0.15, 0.2) is 36.4 Å². The average Bonchev–Trinajstić information content (AvgIpc) is 2.66. The Bertz CT molecular complexity index is 726. The summed E-state index contributed by atoms with van der Waals surface area (Å²) in [6.45, 7) is 16.1. The van der Waals surface area contributed by atoms with Gasteiger partial charge in [-0.1, -0.05) is 36.4 Å². The molecule has 160 valence electrons. The van der Waals surface area contributed by atoms with Crippen LogP contribution in [0.4, 0.5) is 4.79 Å². The second-order valence-corrected chi connectivity index (χ2v) is 8.65. The standard InChI is InChI=1S/C13H15NO.C10H19NO3/c1-10(2)13-12-6-4-3-5-11(12)7-8-14(13)9-15;1-8-7-11(5-6-13-8)9(12)14-10(2,3)4/h3-6,9,13H,1,7-8H2,2H3;8H,5-7H2,1-4H3/t13-;8-/m01/s1. The smallest absolute Gasteiger partial charge is 0.410 e. The van der Waals surface area contributed by atoms with Gasteiger partial charge in [-0.15, -0.1) is 0 Å². The highest BCUT2D eigenvalue weighted by atomic mass is 16.6. The molecule has 2 atom stereocenters. The van der Waals surface area contributed by atoms with Gasteiger partial charge in [-0.25, -0.2) is 4.79 Å². The van der Waals surface area contributed by atoms with Gasteiger partial charge >= 0.3 is 6.09 Å². The zero-order chi connectivity index (χ0) is 21.6. The number of amides is 2. The number of nitrogens with zero attached hydrogens (tertiary/aromatic N) is 2. The third-order valence-electron chi connectivity index (χ3n) is 4.82. The maximum Gasteiger partial charge on any atom is 0.410 e. The van der Waals surface area contributed by atoms with E-state index >= 15 is 0 Å². The number of carbonyl (C=O) groups is 2. The monoisotopic (exact) mass is 402 g/mol. The van der Waals surface area contributed by atoms with Crippen LogP contribution in [-0.2, 0) is 20.7 Å².